The first kappa shape index (κ1) is 13.0. The Morgan fingerprint density at radius 2 is 2.33 bits per heavy atom. The van der Waals surface area contributed by atoms with Crippen molar-refractivity contribution < 1.29 is 14.3 Å². The van der Waals surface area contributed by atoms with E-state index in [-0.39, 0.29) is 24.0 Å². The third kappa shape index (κ3) is 2.87. The van der Waals surface area contributed by atoms with E-state index >= 15 is 0 Å². The monoisotopic (exact) mass is 253 g/mol. The minimum absolute atomic E-state index is 0.0226. The molecule has 0 unspecified atom stereocenters. The van der Waals surface area contributed by atoms with Crippen molar-refractivity contribution in [3.05, 3.63) is 0 Å². The Hall–Kier alpha value is -1.43. The fourth-order valence-corrected chi connectivity index (χ4v) is 2.21. The normalized spacial score (nSPS) is 25.9. The summed E-state index contributed by atoms with van der Waals surface area (Å²) in [4.78, 5) is 23.2. The van der Waals surface area contributed by atoms with Gasteiger partial charge in [0.25, 0.3) is 5.91 Å². The molecule has 1 saturated heterocycles. The van der Waals surface area contributed by atoms with E-state index < -0.39 is 0 Å². The Morgan fingerprint density at radius 1 is 1.56 bits per heavy atom. The number of hydrazone groups is 1. The largest absolute Gasteiger partial charge is 0.376 e. The average molecular weight is 253 g/mol. The van der Waals surface area contributed by atoms with Crippen molar-refractivity contribution in [3.8, 4) is 0 Å². The summed E-state index contributed by atoms with van der Waals surface area (Å²) in [6.07, 6.45) is 2.87. The van der Waals surface area contributed by atoms with Gasteiger partial charge < -0.3 is 10.1 Å². The van der Waals surface area contributed by atoms with Crippen LogP contribution in [0.15, 0.2) is 5.10 Å². The van der Waals surface area contributed by atoms with Crippen LogP contribution in [-0.4, -0.2) is 48.3 Å². The third-order valence-corrected chi connectivity index (χ3v) is 3.35. The minimum Gasteiger partial charge on any atom is -0.376 e. The molecule has 0 aromatic rings. The molecular weight excluding hydrogens is 234 g/mol. The van der Waals surface area contributed by atoms with Crippen molar-refractivity contribution in [1.29, 1.82) is 0 Å². The number of carbonyl (C=O) groups is 2. The van der Waals surface area contributed by atoms with Crippen LogP contribution in [0.3, 0.4) is 0 Å². The first-order chi connectivity index (χ1) is 8.58. The minimum atomic E-state index is -0.197. The van der Waals surface area contributed by atoms with Gasteiger partial charge in [-0.2, -0.15) is 5.10 Å². The number of rotatable bonds is 3. The molecule has 2 aliphatic heterocycles. The SMILES string of the molecule is C[C@@H](NC(=O)C1=NN(C)C(=O)CC1)[C@H]1CCCO1. The van der Waals surface area contributed by atoms with E-state index in [4.69, 9.17) is 4.74 Å². The standard InChI is InChI=1S/C12H19N3O3/c1-8(10-4-3-7-18-10)13-12(17)9-5-6-11(16)15(2)14-9/h8,10H,3-7H2,1-2H3,(H,13,17)/t8-,10-/m1/s1. The summed E-state index contributed by atoms with van der Waals surface area (Å²) < 4.78 is 5.52. The Morgan fingerprint density at radius 3 is 2.94 bits per heavy atom. The zero-order chi connectivity index (χ0) is 13.1. The Balaban J connectivity index is 1.91. The molecule has 2 rings (SSSR count). The molecule has 0 aromatic heterocycles. The summed E-state index contributed by atoms with van der Waals surface area (Å²) in [7, 11) is 1.57. The van der Waals surface area contributed by atoms with E-state index in [9.17, 15) is 9.59 Å². The van der Waals surface area contributed by atoms with Gasteiger partial charge in [-0.3, -0.25) is 9.59 Å². The zero-order valence-electron chi connectivity index (χ0n) is 10.8. The molecule has 2 heterocycles. The maximum Gasteiger partial charge on any atom is 0.267 e. The van der Waals surface area contributed by atoms with Gasteiger partial charge in [0.05, 0.1) is 12.1 Å². The summed E-state index contributed by atoms with van der Waals surface area (Å²) in [5.41, 5.74) is 0.418. The lowest BCUT2D eigenvalue weighted by Crippen LogP contribution is -2.45. The van der Waals surface area contributed by atoms with Gasteiger partial charge in [-0.05, 0) is 19.8 Å². The molecule has 0 spiro atoms. The Kier molecular flexibility index (Phi) is 3.96. The van der Waals surface area contributed by atoms with E-state index in [1.54, 1.807) is 7.05 Å². The molecule has 2 aliphatic rings. The molecule has 2 amide bonds. The van der Waals surface area contributed by atoms with Crippen molar-refractivity contribution in [2.24, 2.45) is 5.10 Å². The van der Waals surface area contributed by atoms with Crippen LogP contribution < -0.4 is 5.32 Å². The summed E-state index contributed by atoms with van der Waals surface area (Å²) in [5, 5.41) is 8.12. The van der Waals surface area contributed by atoms with Crippen LogP contribution >= 0.6 is 0 Å². The molecule has 2 atom stereocenters. The van der Waals surface area contributed by atoms with E-state index in [0.717, 1.165) is 19.4 Å². The van der Waals surface area contributed by atoms with Crippen LogP contribution in [0.1, 0.15) is 32.6 Å². The van der Waals surface area contributed by atoms with Crippen LogP contribution in [-0.2, 0) is 14.3 Å². The fourth-order valence-electron chi connectivity index (χ4n) is 2.21. The van der Waals surface area contributed by atoms with Crippen molar-refractivity contribution in [2.45, 2.75) is 44.8 Å². The molecular formula is C12H19N3O3. The number of carbonyl (C=O) groups excluding carboxylic acids is 2. The highest BCUT2D eigenvalue weighted by Crippen LogP contribution is 2.15. The second kappa shape index (κ2) is 5.48. The van der Waals surface area contributed by atoms with Gasteiger partial charge in [0.1, 0.15) is 5.71 Å². The Labute approximate surface area is 106 Å². The molecule has 6 heteroatoms. The zero-order valence-corrected chi connectivity index (χ0v) is 10.8. The second-order valence-electron chi connectivity index (χ2n) is 4.78. The third-order valence-electron chi connectivity index (χ3n) is 3.35. The van der Waals surface area contributed by atoms with Gasteiger partial charge in [-0.1, -0.05) is 0 Å². The lowest BCUT2D eigenvalue weighted by Gasteiger charge is -2.23. The van der Waals surface area contributed by atoms with Gasteiger partial charge in [-0.25, -0.2) is 5.01 Å². The van der Waals surface area contributed by atoms with Gasteiger partial charge in [0.15, 0.2) is 0 Å². The summed E-state index contributed by atoms with van der Waals surface area (Å²) >= 11 is 0. The van der Waals surface area contributed by atoms with Crippen LogP contribution in [0.4, 0.5) is 0 Å². The van der Waals surface area contributed by atoms with Crippen LogP contribution in [0.25, 0.3) is 0 Å². The van der Waals surface area contributed by atoms with Gasteiger partial charge in [0.2, 0.25) is 5.91 Å². The lowest BCUT2D eigenvalue weighted by atomic mass is 10.1. The van der Waals surface area contributed by atoms with E-state index in [0.29, 0.717) is 18.6 Å². The van der Waals surface area contributed by atoms with Crippen molar-refractivity contribution in [1.82, 2.24) is 10.3 Å². The highest BCUT2D eigenvalue weighted by Gasteiger charge is 2.27. The molecule has 0 bridgehead atoms. The highest BCUT2D eigenvalue weighted by atomic mass is 16.5. The molecule has 0 radical (unpaired) electrons. The molecule has 1 fully saturated rings. The molecule has 6 nitrogen and oxygen atoms in total. The molecule has 100 valence electrons. The van der Waals surface area contributed by atoms with Crippen molar-refractivity contribution >= 4 is 17.5 Å². The fraction of sp³-hybridized carbons (Fsp3) is 0.750. The van der Waals surface area contributed by atoms with Crippen molar-refractivity contribution in [3.63, 3.8) is 0 Å². The predicted molar refractivity (Wildman–Crippen MR) is 66.0 cm³/mol. The second-order valence-corrected chi connectivity index (χ2v) is 4.78. The molecule has 0 aliphatic carbocycles. The predicted octanol–water partition coefficient (Wildman–Crippen LogP) is 0.278. The van der Waals surface area contributed by atoms with Crippen molar-refractivity contribution in [2.75, 3.05) is 13.7 Å². The van der Waals surface area contributed by atoms with Gasteiger partial charge in [0, 0.05) is 26.5 Å². The summed E-state index contributed by atoms with van der Waals surface area (Å²) in [5.74, 6) is -0.254. The number of hydrogen-bond acceptors (Lipinski definition) is 4. The van der Waals surface area contributed by atoms with Crippen LogP contribution in [0.2, 0.25) is 0 Å². The highest BCUT2D eigenvalue weighted by molar-refractivity contribution is 6.39. The topological polar surface area (TPSA) is 71.0 Å². The summed E-state index contributed by atoms with van der Waals surface area (Å²) in [6.45, 7) is 2.70. The molecule has 1 N–H and O–H groups in total. The first-order valence-electron chi connectivity index (χ1n) is 6.34. The lowest BCUT2D eigenvalue weighted by molar-refractivity contribution is -0.130. The van der Waals surface area contributed by atoms with Gasteiger partial charge >= 0.3 is 0 Å². The van der Waals surface area contributed by atoms with E-state index in [1.165, 1.54) is 5.01 Å². The molecule has 0 aromatic carbocycles. The van der Waals surface area contributed by atoms with Crippen LogP contribution in [0.5, 0.6) is 0 Å². The molecule has 18 heavy (non-hydrogen) atoms. The number of amides is 2. The summed E-state index contributed by atoms with van der Waals surface area (Å²) in [6, 6.07) is -0.0226. The number of nitrogens with zero attached hydrogens (tertiary/aromatic N) is 2. The first-order valence-corrected chi connectivity index (χ1v) is 6.34. The molecule has 0 saturated carbocycles. The van der Waals surface area contributed by atoms with Gasteiger partial charge in [-0.15, -0.1) is 0 Å². The average Bonchev–Trinajstić information content (AvgIpc) is 2.86. The van der Waals surface area contributed by atoms with E-state index in [2.05, 4.69) is 10.4 Å². The smallest absolute Gasteiger partial charge is 0.267 e. The number of hydrogen-bond donors (Lipinski definition) is 1. The number of ether oxygens (including phenoxy) is 1. The number of nitrogens with one attached hydrogen (secondary N) is 1. The van der Waals surface area contributed by atoms with E-state index in [1.807, 2.05) is 6.92 Å². The quantitative estimate of drug-likeness (QED) is 0.785. The van der Waals surface area contributed by atoms with Crippen LogP contribution in [0, 0.1) is 0 Å². The Bertz CT molecular complexity index is 375. The maximum absolute atomic E-state index is 12.0. The maximum atomic E-state index is 12.0.